The van der Waals surface area contributed by atoms with Crippen molar-refractivity contribution in [3.63, 3.8) is 0 Å². The molecule has 0 aliphatic rings. The second kappa shape index (κ2) is 4.47. The van der Waals surface area contributed by atoms with Crippen molar-refractivity contribution in [3.8, 4) is 0 Å². The summed E-state index contributed by atoms with van der Waals surface area (Å²) >= 11 is 1.71. The molecule has 4 heteroatoms. The van der Waals surface area contributed by atoms with E-state index in [4.69, 9.17) is 5.73 Å². The lowest BCUT2D eigenvalue weighted by molar-refractivity contribution is 0.814. The first kappa shape index (κ1) is 11.5. The lowest BCUT2D eigenvalue weighted by atomic mass is 10.1. The molecule has 0 unspecified atom stereocenters. The Labute approximate surface area is 100 Å². The summed E-state index contributed by atoms with van der Waals surface area (Å²) in [6.45, 7) is 4.94. The van der Waals surface area contributed by atoms with E-state index in [-0.39, 0.29) is 0 Å². The summed E-state index contributed by atoms with van der Waals surface area (Å²) in [5, 5.41) is 1.05. The van der Waals surface area contributed by atoms with Gasteiger partial charge in [0.15, 0.2) is 5.16 Å². The van der Waals surface area contributed by atoms with Crippen molar-refractivity contribution in [2.24, 2.45) is 12.8 Å². The van der Waals surface area contributed by atoms with E-state index in [9.17, 15) is 0 Å². The van der Waals surface area contributed by atoms with Crippen molar-refractivity contribution < 1.29 is 0 Å². The van der Waals surface area contributed by atoms with Gasteiger partial charge in [-0.15, -0.1) is 0 Å². The summed E-state index contributed by atoms with van der Waals surface area (Å²) in [4.78, 5) is 4.62. The van der Waals surface area contributed by atoms with Crippen LogP contribution in [0.15, 0.2) is 17.3 Å². The predicted molar refractivity (Wildman–Crippen MR) is 70.0 cm³/mol. The Morgan fingerprint density at radius 2 is 2.00 bits per heavy atom. The van der Waals surface area contributed by atoms with E-state index in [0.29, 0.717) is 6.54 Å². The van der Waals surface area contributed by atoms with E-state index in [0.717, 1.165) is 16.4 Å². The van der Waals surface area contributed by atoms with Gasteiger partial charge in [0.2, 0.25) is 0 Å². The van der Waals surface area contributed by atoms with Gasteiger partial charge in [-0.1, -0.05) is 11.8 Å². The Balaban J connectivity index is 2.50. The Hall–Kier alpha value is -1.00. The number of hydrogen-bond donors (Lipinski definition) is 1. The molecule has 0 aliphatic carbocycles. The van der Waals surface area contributed by atoms with E-state index in [2.05, 4.69) is 42.6 Å². The highest BCUT2D eigenvalue weighted by molar-refractivity contribution is 7.99. The molecular weight excluding hydrogens is 218 g/mol. The van der Waals surface area contributed by atoms with Gasteiger partial charge >= 0.3 is 0 Å². The highest BCUT2D eigenvalue weighted by atomic mass is 32.2. The SMILES string of the molecule is Cc1cc2nc(SCCN)n(C)c2cc1C. The van der Waals surface area contributed by atoms with Crippen LogP contribution in [0, 0.1) is 13.8 Å². The Morgan fingerprint density at radius 1 is 1.31 bits per heavy atom. The average molecular weight is 235 g/mol. The maximum absolute atomic E-state index is 5.51. The van der Waals surface area contributed by atoms with E-state index < -0.39 is 0 Å². The lowest BCUT2D eigenvalue weighted by Crippen LogP contribution is -2.02. The summed E-state index contributed by atoms with van der Waals surface area (Å²) in [6.07, 6.45) is 0. The van der Waals surface area contributed by atoms with Crippen LogP contribution >= 0.6 is 11.8 Å². The topological polar surface area (TPSA) is 43.8 Å². The molecule has 0 spiro atoms. The van der Waals surface area contributed by atoms with E-state index in [1.54, 1.807) is 11.8 Å². The lowest BCUT2D eigenvalue weighted by Gasteiger charge is -2.02. The largest absolute Gasteiger partial charge is 0.330 e. The second-order valence-corrected chi connectivity index (χ2v) is 5.08. The Bertz CT molecular complexity index is 516. The number of nitrogens with zero attached hydrogens (tertiary/aromatic N) is 2. The molecular formula is C12H17N3S. The average Bonchev–Trinajstić information content (AvgIpc) is 2.54. The molecule has 0 radical (unpaired) electrons. The van der Waals surface area contributed by atoms with Gasteiger partial charge in [-0.25, -0.2) is 4.98 Å². The number of benzene rings is 1. The van der Waals surface area contributed by atoms with Gasteiger partial charge < -0.3 is 10.3 Å². The van der Waals surface area contributed by atoms with Gasteiger partial charge in [-0.2, -0.15) is 0 Å². The molecule has 0 aliphatic heterocycles. The fraction of sp³-hybridized carbons (Fsp3) is 0.417. The first-order valence-electron chi connectivity index (χ1n) is 5.40. The minimum atomic E-state index is 0.686. The minimum absolute atomic E-state index is 0.686. The summed E-state index contributed by atoms with van der Waals surface area (Å²) in [5.41, 5.74) is 10.4. The fourth-order valence-corrected chi connectivity index (χ4v) is 2.46. The Kier molecular flexibility index (Phi) is 3.21. The van der Waals surface area contributed by atoms with Crippen molar-refractivity contribution in [2.75, 3.05) is 12.3 Å². The third-order valence-electron chi connectivity index (χ3n) is 2.80. The van der Waals surface area contributed by atoms with Gasteiger partial charge in [-0.3, -0.25) is 0 Å². The maximum atomic E-state index is 5.51. The smallest absolute Gasteiger partial charge is 0.168 e. The molecule has 0 saturated heterocycles. The molecule has 1 aromatic heterocycles. The number of nitrogens with two attached hydrogens (primary N) is 1. The van der Waals surface area contributed by atoms with Crippen LogP contribution in [0.5, 0.6) is 0 Å². The van der Waals surface area contributed by atoms with Gasteiger partial charge in [0.1, 0.15) is 0 Å². The molecule has 0 fully saturated rings. The van der Waals surface area contributed by atoms with E-state index >= 15 is 0 Å². The highest BCUT2D eigenvalue weighted by Crippen LogP contribution is 2.24. The number of thioether (sulfide) groups is 1. The molecule has 0 bridgehead atoms. The summed E-state index contributed by atoms with van der Waals surface area (Å²) in [5.74, 6) is 0.912. The van der Waals surface area contributed by atoms with Gasteiger partial charge in [0.25, 0.3) is 0 Å². The molecule has 1 aromatic carbocycles. The van der Waals surface area contributed by atoms with Crippen molar-refractivity contribution >= 4 is 22.8 Å². The number of imidazole rings is 1. The molecule has 2 N–H and O–H groups in total. The molecule has 16 heavy (non-hydrogen) atoms. The third kappa shape index (κ3) is 1.95. The maximum Gasteiger partial charge on any atom is 0.168 e. The van der Waals surface area contributed by atoms with Gasteiger partial charge in [-0.05, 0) is 37.1 Å². The fourth-order valence-electron chi connectivity index (χ4n) is 1.70. The van der Waals surface area contributed by atoms with Crippen LogP contribution in [0.4, 0.5) is 0 Å². The number of aromatic nitrogens is 2. The van der Waals surface area contributed by atoms with Gasteiger partial charge in [0, 0.05) is 19.3 Å². The molecule has 0 saturated carbocycles. The quantitative estimate of drug-likeness (QED) is 0.830. The second-order valence-electron chi connectivity index (χ2n) is 4.02. The monoisotopic (exact) mass is 235 g/mol. The third-order valence-corrected chi connectivity index (χ3v) is 3.87. The summed E-state index contributed by atoms with van der Waals surface area (Å²) in [6, 6.07) is 4.35. The highest BCUT2D eigenvalue weighted by Gasteiger charge is 2.08. The van der Waals surface area contributed by atoms with Gasteiger partial charge in [0.05, 0.1) is 11.0 Å². The minimum Gasteiger partial charge on any atom is -0.330 e. The predicted octanol–water partition coefficient (Wildman–Crippen LogP) is 2.24. The molecule has 2 aromatic rings. The standard InChI is InChI=1S/C12H17N3S/c1-8-6-10-11(7-9(8)2)15(3)12(14-10)16-5-4-13/h6-7H,4-5,13H2,1-3H3. The summed E-state index contributed by atoms with van der Waals surface area (Å²) < 4.78 is 2.14. The molecule has 1 heterocycles. The van der Waals surface area contributed by atoms with Crippen molar-refractivity contribution in [3.05, 3.63) is 23.3 Å². The van der Waals surface area contributed by atoms with E-state index in [1.807, 2.05) is 0 Å². The molecule has 86 valence electrons. The van der Waals surface area contributed by atoms with Crippen LogP contribution in [-0.2, 0) is 7.05 Å². The normalized spacial score (nSPS) is 11.2. The zero-order chi connectivity index (χ0) is 11.7. The van der Waals surface area contributed by atoms with Crippen LogP contribution in [0.25, 0.3) is 11.0 Å². The van der Waals surface area contributed by atoms with Crippen LogP contribution in [0.2, 0.25) is 0 Å². The first-order chi connectivity index (χ1) is 7.63. The van der Waals surface area contributed by atoms with Crippen LogP contribution in [0.1, 0.15) is 11.1 Å². The van der Waals surface area contributed by atoms with Crippen LogP contribution in [0.3, 0.4) is 0 Å². The van der Waals surface area contributed by atoms with Crippen LogP contribution < -0.4 is 5.73 Å². The van der Waals surface area contributed by atoms with Crippen molar-refractivity contribution in [1.29, 1.82) is 0 Å². The Morgan fingerprint density at radius 3 is 2.69 bits per heavy atom. The zero-order valence-electron chi connectivity index (χ0n) is 9.95. The number of rotatable bonds is 3. The van der Waals surface area contributed by atoms with E-state index in [1.165, 1.54) is 16.6 Å². The first-order valence-corrected chi connectivity index (χ1v) is 6.38. The van der Waals surface area contributed by atoms with Crippen molar-refractivity contribution in [2.45, 2.75) is 19.0 Å². The number of fused-ring (bicyclic) bond motifs is 1. The summed E-state index contributed by atoms with van der Waals surface area (Å²) in [7, 11) is 2.06. The zero-order valence-corrected chi connectivity index (χ0v) is 10.8. The number of aryl methyl sites for hydroxylation is 3. The molecule has 2 rings (SSSR count). The molecule has 3 nitrogen and oxygen atoms in total. The van der Waals surface area contributed by atoms with Crippen molar-refractivity contribution in [1.82, 2.24) is 9.55 Å². The molecule has 0 amide bonds. The molecule has 0 atom stereocenters. The van der Waals surface area contributed by atoms with Crippen LogP contribution in [-0.4, -0.2) is 21.8 Å². The number of hydrogen-bond acceptors (Lipinski definition) is 3.